The molecule has 0 saturated carbocycles. The highest BCUT2D eigenvalue weighted by molar-refractivity contribution is 5.91. The lowest BCUT2D eigenvalue weighted by Gasteiger charge is -2.03. The van der Waals surface area contributed by atoms with E-state index in [4.69, 9.17) is 4.74 Å². The third-order valence-corrected chi connectivity index (χ3v) is 3.19. The van der Waals surface area contributed by atoms with Crippen LogP contribution in [0, 0.1) is 6.92 Å². The number of aryl methyl sites for hydroxylation is 1. The van der Waals surface area contributed by atoms with Gasteiger partial charge in [0.1, 0.15) is 5.65 Å². The van der Waals surface area contributed by atoms with Gasteiger partial charge in [0.25, 0.3) is 0 Å². The van der Waals surface area contributed by atoms with Crippen molar-refractivity contribution in [2.24, 2.45) is 0 Å². The minimum atomic E-state index is -0.368. The molecule has 0 aliphatic rings. The molecule has 0 bridgehead atoms. The van der Waals surface area contributed by atoms with Crippen molar-refractivity contribution in [3.05, 3.63) is 47.8 Å². The Morgan fingerprint density at radius 2 is 2.05 bits per heavy atom. The van der Waals surface area contributed by atoms with E-state index in [1.165, 1.54) is 0 Å². The minimum absolute atomic E-state index is 0.354. The van der Waals surface area contributed by atoms with Crippen LogP contribution in [-0.2, 0) is 4.74 Å². The molecule has 2 aromatic heterocycles. The lowest BCUT2D eigenvalue weighted by molar-refractivity contribution is 0.0519. The van der Waals surface area contributed by atoms with Gasteiger partial charge in [0, 0.05) is 0 Å². The fourth-order valence-corrected chi connectivity index (χ4v) is 2.33. The van der Waals surface area contributed by atoms with Gasteiger partial charge in [0.05, 0.1) is 17.8 Å². The average molecular weight is 254 g/mol. The Bertz CT molecular complexity index is 774. The Labute approximate surface area is 110 Å². The van der Waals surface area contributed by atoms with Crippen LogP contribution in [-0.4, -0.2) is 22.0 Å². The normalized spacial score (nSPS) is 11.1. The van der Waals surface area contributed by atoms with Crippen LogP contribution in [0.3, 0.4) is 0 Å². The molecule has 3 aromatic rings. The lowest BCUT2D eigenvalue weighted by atomic mass is 10.2. The van der Waals surface area contributed by atoms with E-state index in [0.29, 0.717) is 12.3 Å². The van der Waals surface area contributed by atoms with Crippen LogP contribution >= 0.6 is 0 Å². The van der Waals surface area contributed by atoms with Crippen molar-refractivity contribution < 1.29 is 9.53 Å². The van der Waals surface area contributed by atoms with Crippen LogP contribution in [0.2, 0.25) is 0 Å². The summed E-state index contributed by atoms with van der Waals surface area (Å²) < 4.78 is 7.02. The van der Waals surface area contributed by atoms with Gasteiger partial charge in [-0.2, -0.15) is 0 Å². The summed E-state index contributed by atoms with van der Waals surface area (Å²) in [7, 11) is 0. The van der Waals surface area contributed by atoms with Crippen molar-refractivity contribution in [1.82, 2.24) is 9.38 Å². The summed E-state index contributed by atoms with van der Waals surface area (Å²) in [5.74, 6) is -0.368. The molecule has 0 aliphatic heterocycles. The predicted octanol–water partition coefficient (Wildman–Crippen LogP) is 2.97. The first-order valence-corrected chi connectivity index (χ1v) is 6.26. The molecule has 2 heterocycles. The smallest absolute Gasteiger partial charge is 0.358 e. The molecule has 0 aliphatic carbocycles. The highest BCUT2D eigenvalue weighted by Gasteiger charge is 2.17. The summed E-state index contributed by atoms with van der Waals surface area (Å²) in [6.45, 7) is 4.03. The summed E-state index contributed by atoms with van der Waals surface area (Å²) in [6.07, 6.45) is 0. The number of benzene rings is 1. The zero-order chi connectivity index (χ0) is 13.4. The number of hydrogen-bond donors (Lipinski definition) is 0. The van der Waals surface area contributed by atoms with Gasteiger partial charge in [0.15, 0.2) is 5.69 Å². The summed E-state index contributed by atoms with van der Waals surface area (Å²) >= 11 is 0. The molecule has 96 valence electrons. The predicted molar refractivity (Wildman–Crippen MR) is 73.4 cm³/mol. The third kappa shape index (κ3) is 1.76. The second-order valence-electron chi connectivity index (χ2n) is 4.35. The molecule has 0 unspecified atom stereocenters. The maximum Gasteiger partial charge on any atom is 0.358 e. The van der Waals surface area contributed by atoms with Gasteiger partial charge < -0.3 is 4.74 Å². The molecule has 0 spiro atoms. The summed E-state index contributed by atoms with van der Waals surface area (Å²) in [6, 6.07) is 12.0. The Morgan fingerprint density at radius 3 is 2.84 bits per heavy atom. The number of nitrogens with zero attached hydrogens (tertiary/aromatic N) is 2. The number of aromatic nitrogens is 2. The molecule has 0 atom stereocenters. The van der Waals surface area contributed by atoms with E-state index in [-0.39, 0.29) is 5.97 Å². The van der Waals surface area contributed by atoms with Gasteiger partial charge in [-0.1, -0.05) is 18.2 Å². The SMILES string of the molecule is CCOC(=O)c1nc2ccc3ccccc3n2c1C. The second kappa shape index (κ2) is 4.39. The van der Waals surface area contributed by atoms with Crippen molar-refractivity contribution in [2.45, 2.75) is 13.8 Å². The molecular formula is C15H14N2O2. The van der Waals surface area contributed by atoms with E-state index in [9.17, 15) is 4.79 Å². The van der Waals surface area contributed by atoms with E-state index in [2.05, 4.69) is 4.98 Å². The number of fused-ring (bicyclic) bond motifs is 3. The number of ether oxygens (including phenoxy) is 1. The molecule has 4 heteroatoms. The third-order valence-electron chi connectivity index (χ3n) is 3.19. The number of pyridine rings is 1. The first-order valence-electron chi connectivity index (χ1n) is 6.26. The Balaban J connectivity index is 2.32. The lowest BCUT2D eigenvalue weighted by Crippen LogP contribution is -2.07. The van der Waals surface area contributed by atoms with Crippen LogP contribution in [0.25, 0.3) is 16.6 Å². The standard InChI is InChI=1S/C15H14N2O2/c1-3-19-15(18)14-10(2)17-12-7-5-4-6-11(12)8-9-13(17)16-14/h4-9H,3H2,1-2H3. The van der Waals surface area contributed by atoms with Crippen LogP contribution in [0.15, 0.2) is 36.4 Å². The van der Waals surface area contributed by atoms with E-state index in [1.807, 2.05) is 47.7 Å². The van der Waals surface area contributed by atoms with Crippen molar-refractivity contribution in [1.29, 1.82) is 0 Å². The van der Waals surface area contributed by atoms with Crippen LogP contribution in [0.4, 0.5) is 0 Å². The van der Waals surface area contributed by atoms with Gasteiger partial charge in [-0.05, 0) is 37.4 Å². The van der Waals surface area contributed by atoms with Crippen molar-refractivity contribution >= 4 is 22.5 Å². The van der Waals surface area contributed by atoms with E-state index < -0.39 is 0 Å². The topological polar surface area (TPSA) is 43.6 Å². The molecule has 0 radical (unpaired) electrons. The summed E-state index contributed by atoms with van der Waals surface area (Å²) in [4.78, 5) is 16.2. The summed E-state index contributed by atoms with van der Waals surface area (Å²) in [5.41, 5.74) is 3.00. The first kappa shape index (κ1) is 11.7. The minimum Gasteiger partial charge on any atom is -0.461 e. The molecule has 3 rings (SSSR count). The first-order chi connectivity index (χ1) is 9.22. The largest absolute Gasteiger partial charge is 0.461 e. The molecule has 1 aromatic carbocycles. The Hall–Kier alpha value is -2.36. The van der Waals surface area contributed by atoms with Gasteiger partial charge in [0.2, 0.25) is 0 Å². The van der Waals surface area contributed by atoms with E-state index in [0.717, 1.165) is 22.2 Å². The Morgan fingerprint density at radius 1 is 1.26 bits per heavy atom. The highest BCUT2D eigenvalue weighted by Crippen LogP contribution is 2.21. The zero-order valence-electron chi connectivity index (χ0n) is 10.9. The van der Waals surface area contributed by atoms with Crippen LogP contribution in [0.5, 0.6) is 0 Å². The van der Waals surface area contributed by atoms with Crippen molar-refractivity contribution in [3.63, 3.8) is 0 Å². The van der Waals surface area contributed by atoms with Crippen molar-refractivity contribution in [3.8, 4) is 0 Å². The number of para-hydroxylation sites is 1. The zero-order valence-corrected chi connectivity index (χ0v) is 10.9. The number of carbonyl (C=O) groups excluding carboxylic acids is 1. The van der Waals surface area contributed by atoms with Crippen molar-refractivity contribution in [2.75, 3.05) is 6.61 Å². The number of rotatable bonds is 2. The monoisotopic (exact) mass is 254 g/mol. The quantitative estimate of drug-likeness (QED) is 0.660. The number of hydrogen-bond acceptors (Lipinski definition) is 3. The van der Waals surface area contributed by atoms with Gasteiger partial charge in [-0.15, -0.1) is 0 Å². The Kier molecular flexibility index (Phi) is 2.71. The molecule has 0 N–H and O–H groups in total. The molecule has 4 nitrogen and oxygen atoms in total. The number of imidazole rings is 1. The number of esters is 1. The van der Waals surface area contributed by atoms with Gasteiger partial charge >= 0.3 is 5.97 Å². The highest BCUT2D eigenvalue weighted by atomic mass is 16.5. The fraction of sp³-hybridized carbons (Fsp3) is 0.200. The molecular weight excluding hydrogens is 240 g/mol. The summed E-state index contributed by atoms with van der Waals surface area (Å²) in [5, 5.41) is 1.12. The van der Waals surface area contributed by atoms with E-state index >= 15 is 0 Å². The molecule has 0 fully saturated rings. The second-order valence-corrected chi connectivity index (χ2v) is 4.35. The molecule has 0 saturated heterocycles. The van der Waals surface area contributed by atoms with Crippen LogP contribution < -0.4 is 0 Å². The molecule has 0 amide bonds. The van der Waals surface area contributed by atoms with Gasteiger partial charge in [-0.25, -0.2) is 9.78 Å². The fourth-order valence-electron chi connectivity index (χ4n) is 2.33. The average Bonchev–Trinajstić information content (AvgIpc) is 2.77. The van der Waals surface area contributed by atoms with E-state index in [1.54, 1.807) is 6.92 Å². The maximum absolute atomic E-state index is 11.9. The maximum atomic E-state index is 11.9. The number of carbonyl (C=O) groups is 1. The molecule has 19 heavy (non-hydrogen) atoms. The van der Waals surface area contributed by atoms with Gasteiger partial charge in [-0.3, -0.25) is 4.40 Å². The van der Waals surface area contributed by atoms with Crippen LogP contribution in [0.1, 0.15) is 23.1 Å².